The lowest BCUT2D eigenvalue weighted by molar-refractivity contribution is -0.0247. The molecule has 0 heterocycles. The first-order chi connectivity index (χ1) is 6.64. The molecule has 0 bridgehead atoms. The van der Waals surface area contributed by atoms with Crippen LogP contribution in [0, 0.1) is 0 Å². The first kappa shape index (κ1) is 9.97. The van der Waals surface area contributed by atoms with E-state index in [9.17, 15) is 5.11 Å². The van der Waals surface area contributed by atoms with Gasteiger partial charge in [-0.1, -0.05) is 23.7 Å². The van der Waals surface area contributed by atoms with Gasteiger partial charge in [0.25, 0.3) is 0 Å². The predicted molar refractivity (Wildman–Crippen MR) is 55.5 cm³/mol. The molecule has 0 aliphatic heterocycles. The van der Waals surface area contributed by atoms with Gasteiger partial charge in [-0.25, -0.2) is 0 Å². The fraction of sp³-hybridized carbons (Fsp3) is 0.455. The van der Waals surface area contributed by atoms with E-state index in [0.717, 1.165) is 12.0 Å². The molecule has 14 heavy (non-hydrogen) atoms. The van der Waals surface area contributed by atoms with Crippen LogP contribution in [0.1, 0.15) is 17.5 Å². The number of benzene rings is 1. The maximum Gasteiger partial charge on any atom is 0.0921 e. The summed E-state index contributed by atoms with van der Waals surface area (Å²) in [6.07, 6.45) is 1.85. The highest BCUT2D eigenvalue weighted by atomic mass is 35.5. The molecule has 0 saturated heterocycles. The van der Waals surface area contributed by atoms with Crippen LogP contribution >= 0.6 is 11.6 Å². The molecule has 0 aromatic heterocycles. The highest BCUT2D eigenvalue weighted by Crippen LogP contribution is 2.32. The van der Waals surface area contributed by atoms with E-state index >= 15 is 0 Å². The average molecular weight is 213 g/mol. The second-order valence-corrected chi connectivity index (χ2v) is 4.34. The molecule has 0 amide bonds. The van der Waals surface area contributed by atoms with Gasteiger partial charge in [-0.3, -0.25) is 0 Å². The van der Waals surface area contributed by atoms with E-state index in [0.29, 0.717) is 17.9 Å². The van der Waals surface area contributed by atoms with Gasteiger partial charge in [-0.2, -0.15) is 0 Å². The topological polar surface area (TPSA) is 40.5 Å². The third-order valence-electron chi connectivity index (χ3n) is 2.88. The van der Waals surface area contributed by atoms with E-state index in [4.69, 9.17) is 16.7 Å². The Balaban J connectivity index is 2.38. The Hall–Kier alpha value is -0.570. The first-order valence-corrected chi connectivity index (χ1v) is 5.12. The molecule has 0 spiro atoms. The number of aliphatic hydroxyl groups is 2. The standard InChI is InChI=1S/C11H13ClO2/c12-10-3-1-2-8-4-5-11(14,7-13)6-9(8)10/h1-3,13-14H,4-7H2. The number of halogens is 1. The molecule has 76 valence electrons. The van der Waals surface area contributed by atoms with Gasteiger partial charge in [-0.15, -0.1) is 0 Å². The van der Waals surface area contributed by atoms with Crippen LogP contribution in [0.5, 0.6) is 0 Å². The summed E-state index contributed by atoms with van der Waals surface area (Å²) in [6.45, 7) is -0.197. The number of aryl methyl sites for hydroxylation is 1. The van der Waals surface area contributed by atoms with Crippen molar-refractivity contribution in [1.29, 1.82) is 0 Å². The van der Waals surface area contributed by atoms with Crippen LogP contribution in [0.25, 0.3) is 0 Å². The molecule has 3 heteroatoms. The summed E-state index contributed by atoms with van der Waals surface area (Å²) >= 11 is 6.03. The number of fused-ring (bicyclic) bond motifs is 1. The van der Waals surface area contributed by atoms with Crippen molar-refractivity contribution >= 4 is 11.6 Å². The molecule has 0 fully saturated rings. The zero-order valence-corrected chi connectivity index (χ0v) is 8.59. The van der Waals surface area contributed by atoms with Crippen molar-refractivity contribution in [3.8, 4) is 0 Å². The number of rotatable bonds is 1. The summed E-state index contributed by atoms with van der Waals surface area (Å²) < 4.78 is 0. The van der Waals surface area contributed by atoms with Crippen molar-refractivity contribution in [2.24, 2.45) is 0 Å². The Morgan fingerprint density at radius 2 is 2.21 bits per heavy atom. The molecule has 1 aromatic rings. The summed E-state index contributed by atoms with van der Waals surface area (Å²) in [7, 11) is 0. The Labute approximate surface area is 88.1 Å². The van der Waals surface area contributed by atoms with Crippen molar-refractivity contribution in [2.45, 2.75) is 24.9 Å². The maximum absolute atomic E-state index is 9.94. The number of aliphatic hydroxyl groups excluding tert-OH is 1. The van der Waals surface area contributed by atoms with Crippen LogP contribution in [-0.4, -0.2) is 22.4 Å². The van der Waals surface area contributed by atoms with Gasteiger partial charge < -0.3 is 10.2 Å². The molecule has 1 unspecified atom stereocenters. The number of hydrogen-bond donors (Lipinski definition) is 2. The largest absolute Gasteiger partial charge is 0.393 e. The fourth-order valence-electron chi connectivity index (χ4n) is 1.96. The summed E-state index contributed by atoms with van der Waals surface area (Å²) in [4.78, 5) is 0. The zero-order valence-electron chi connectivity index (χ0n) is 7.83. The lowest BCUT2D eigenvalue weighted by atomic mass is 9.81. The van der Waals surface area contributed by atoms with E-state index in [1.807, 2.05) is 18.2 Å². The first-order valence-electron chi connectivity index (χ1n) is 4.74. The quantitative estimate of drug-likeness (QED) is 0.742. The molecule has 2 N–H and O–H groups in total. The summed E-state index contributed by atoms with van der Waals surface area (Å²) in [5, 5.41) is 19.7. The molecule has 1 atom stereocenters. The Bertz CT molecular complexity index is 351. The van der Waals surface area contributed by atoms with E-state index in [1.165, 1.54) is 5.56 Å². The van der Waals surface area contributed by atoms with Crippen LogP contribution in [0.15, 0.2) is 18.2 Å². The third-order valence-corrected chi connectivity index (χ3v) is 3.23. The highest BCUT2D eigenvalue weighted by Gasteiger charge is 2.32. The van der Waals surface area contributed by atoms with Gasteiger partial charge in [0.05, 0.1) is 12.2 Å². The lowest BCUT2D eigenvalue weighted by Crippen LogP contribution is -2.39. The Morgan fingerprint density at radius 1 is 1.43 bits per heavy atom. The predicted octanol–water partition coefficient (Wildman–Crippen LogP) is 1.55. The highest BCUT2D eigenvalue weighted by molar-refractivity contribution is 6.31. The average Bonchev–Trinajstić information content (AvgIpc) is 2.20. The molecule has 0 radical (unpaired) electrons. The van der Waals surface area contributed by atoms with Crippen molar-refractivity contribution < 1.29 is 10.2 Å². The Morgan fingerprint density at radius 3 is 2.93 bits per heavy atom. The van der Waals surface area contributed by atoms with Crippen molar-refractivity contribution in [3.05, 3.63) is 34.3 Å². The molecule has 0 saturated carbocycles. The molecule has 1 aromatic carbocycles. The monoisotopic (exact) mass is 212 g/mol. The summed E-state index contributed by atoms with van der Waals surface area (Å²) in [6, 6.07) is 5.77. The van der Waals surface area contributed by atoms with E-state index in [-0.39, 0.29) is 6.61 Å². The minimum absolute atomic E-state index is 0.197. The van der Waals surface area contributed by atoms with Crippen molar-refractivity contribution in [3.63, 3.8) is 0 Å². The second-order valence-electron chi connectivity index (χ2n) is 3.94. The zero-order chi connectivity index (χ0) is 10.2. The van der Waals surface area contributed by atoms with Gasteiger partial charge in [-0.05, 0) is 30.0 Å². The summed E-state index contributed by atoms with van der Waals surface area (Å²) in [5.41, 5.74) is 1.20. The second kappa shape index (κ2) is 3.54. The van der Waals surface area contributed by atoms with Crippen LogP contribution in [0.4, 0.5) is 0 Å². The summed E-state index contributed by atoms with van der Waals surface area (Å²) in [5.74, 6) is 0. The molecule has 2 rings (SSSR count). The van der Waals surface area contributed by atoms with Crippen LogP contribution < -0.4 is 0 Å². The van der Waals surface area contributed by atoms with Crippen molar-refractivity contribution in [1.82, 2.24) is 0 Å². The van der Waals surface area contributed by atoms with Gasteiger partial charge in [0, 0.05) is 11.4 Å². The van der Waals surface area contributed by atoms with Gasteiger partial charge in [0.1, 0.15) is 0 Å². The Kier molecular flexibility index (Phi) is 2.52. The van der Waals surface area contributed by atoms with Gasteiger partial charge >= 0.3 is 0 Å². The van der Waals surface area contributed by atoms with E-state index in [1.54, 1.807) is 0 Å². The number of hydrogen-bond acceptors (Lipinski definition) is 2. The van der Waals surface area contributed by atoms with E-state index < -0.39 is 5.60 Å². The molecular weight excluding hydrogens is 200 g/mol. The minimum atomic E-state index is -0.974. The lowest BCUT2D eigenvalue weighted by Gasteiger charge is -2.32. The van der Waals surface area contributed by atoms with Gasteiger partial charge in [0.15, 0.2) is 0 Å². The van der Waals surface area contributed by atoms with Crippen LogP contribution in [0.2, 0.25) is 5.02 Å². The SMILES string of the molecule is OCC1(O)CCc2cccc(Cl)c2C1. The van der Waals surface area contributed by atoms with Crippen LogP contribution in [0.3, 0.4) is 0 Å². The normalized spacial score (nSPS) is 25.9. The maximum atomic E-state index is 9.94. The fourth-order valence-corrected chi connectivity index (χ4v) is 2.22. The van der Waals surface area contributed by atoms with Gasteiger partial charge in [0.2, 0.25) is 0 Å². The smallest absolute Gasteiger partial charge is 0.0921 e. The van der Waals surface area contributed by atoms with E-state index in [2.05, 4.69) is 0 Å². The molecular formula is C11H13ClO2. The molecule has 1 aliphatic rings. The molecule has 2 nitrogen and oxygen atoms in total. The molecule has 1 aliphatic carbocycles. The van der Waals surface area contributed by atoms with Crippen LogP contribution in [-0.2, 0) is 12.8 Å². The van der Waals surface area contributed by atoms with Crippen molar-refractivity contribution in [2.75, 3.05) is 6.61 Å². The third kappa shape index (κ3) is 1.65. The minimum Gasteiger partial charge on any atom is -0.393 e.